The number of sulfone groups is 1. The summed E-state index contributed by atoms with van der Waals surface area (Å²) in [7, 11) is -3.00. The average molecular weight is 267 g/mol. The van der Waals surface area contributed by atoms with Crippen molar-refractivity contribution in [1.29, 1.82) is 0 Å². The minimum absolute atomic E-state index is 0.294. The molecule has 0 aromatic carbocycles. The minimum Gasteiger partial charge on any atom is -0.383 e. The van der Waals surface area contributed by atoms with Crippen LogP contribution in [0.2, 0.25) is 0 Å². The monoisotopic (exact) mass is 267 g/mol. The van der Waals surface area contributed by atoms with E-state index >= 15 is 0 Å². The number of pyridine rings is 1. The second kappa shape index (κ2) is 3.78. The van der Waals surface area contributed by atoms with Gasteiger partial charge in [0.15, 0.2) is 9.84 Å². The van der Waals surface area contributed by atoms with Crippen LogP contribution in [0.4, 0.5) is 0 Å². The Labute approximate surface area is 107 Å². The molecule has 2 atom stereocenters. The van der Waals surface area contributed by atoms with Gasteiger partial charge in [-0.25, -0.2) is 8.42 Å². The second-order valence-corrected chi connectivity index (χ2v) is 8.08. The number of hydrogen-bond acceptors (Lipinski definition) is 4. The topological polar surface area (TPSA) is 67.3 Å². The molecule has 18 heavy (non-hydrogen) atoms. The van der Waals surface area contributed by atoms with Crippen LogP contribution in [0.25, 0.3) is 0 Å². The molecule has 0 amide bonds. The van der Waals surface area contributed by atoms with E-state index in [1.54, 1.807) is 6.20 Å². The van der Waals surface area contributed by atoms with Gasteiger partial charge < -0.3 is 5.11 Å². The number of rotatable bonds is 1. The van der Waals surface area contributed by atoms with Crippen molar-refractivity contribution in [2.45, 2.75) is 48.7 Å². The van der Waals surface area contributed by atoms with Gasteiger partial charge in [-0.3, -0.25) is 4.98 Å². The van der Waals surface area contributed by atoms with Crippen LogP contribution in [0.15, 0.2) is 18.3 Å². The first-order valence-electron chi connectivity index (χ1n) is 6.30. The molecule has 4 nitrogen and oxygen atoms in total. The molecule has 1 aromatic rings. The van der Waals surface area contributed by atoms with Crippen LogP contribution >= 0.6 is 0 Å². The van der Waals surface area contributed by atoms with E-state index in [2.05, 4.69) is 4.98 Å². The highest BCUT2D eigenvalue weighted by atomic mass is 32.2. The molecule has 3 rings (SSSR count). The Bertz CT molecular complexity index is 544. The van der Waals surface area contributed by atoms with E-state index in [-0.39, 0.29) is 10.5 Å². The molecule has 2 aliphatic heterocycles. The van der Waals surface area contributed by atoms with Crippen molar-refractivity contribution in [3.05, 3.63) is 29.6 Å². The Hall–Kier alpha value is -0.940. The SMILES string of the molecule is Cc1ccc(C2(O)CC3CCC(C2)S3(=O)=O)nc1. The lowest BCUT2D eigenvalue weighted by Crippen LogP contribution is -2.43. The lowest BCUT2D eigenvalue weighted by molar-refractivity contribution is 0.0131. The number of nitrogens with zero attached hydrogens (tertiary/aromatic N) is 1. The zero-order valence-electron chi connectivity index (χ0n) is 10.3. The van der Waals surface area contributed by atoms with Gasteiger partial charge in [-0.1, -0.05) is 6.07 Å². The molecular formula is C13H17NO3S. The van der Waals surface area contributed by atoms with Crippen molar-refractivity contribution in [1.82, 2.24) is 4.98 Å². The maximum atomic E-state index is 12.0. The first kappa shape index (κ1) is 12.1. The molecule has 1 aromatic heterocycles. The summed E-state index contributed by atoms with van der Waals surface area (Å²) in [6, 6.07) is 3.72. The number of aliphatic hydroxyl groups is 1. The van der Waals surface area contributed by atoms with Crippen LogP contribution in [-0.4, -0.2) is 29.0 Å². The third-order valence-corrected chi connectivity index (χ3v) is 6.92. The molecule has 0 radical (unpaired) electrons. The zero-order valence-corrected chi connectivity index (χ0v) is 11.2. The van der Waals surface area contributed by atoms with Crippen LogP contribution in [0.3, 0.4) is 0 Å². The van der Waals surface area contributed by atoms with Crippen LogP contribution in [-0.2, 0) is 15.4 Å². The fourth-order valence-electron chi connectivity index (χ4n) is 3.20. The maximum absolute atomic E-state index is 12.0. The fraction of sp³-hybridized carbons (Fsp3) is 0.615. The normalized spacial score (nSPS) is 37.7. The van der Waals surface area contributed by atoms with Crippen LogP contribution < -0.4 is 0 Å². The van der Waals surface area contributed by atoms with Gasteiger partial charge in [0.1, 0.15) is 5.60 Å². The highest BCUT2D eigenvalue weighted by molar-refractivity contribution is 7.93. The van der Waals surface area contributed by atoms with E-state index in [4.69, 9.17) is 0 Å². The first-order chi connectivity index (χ1) is 8.42. The van der Waals surface area contributed by atoms with Gasteiger partial charge in [0.2, 0.25) is 0 Å². The molecule has 5 heteroatoms. The van der Waals surface area contributed by atoms with E-state index in [0.717, 1.165) is 5.56 Å². The number of aryl methyl sites for hydroxylation is 1. The summed E-state index contributed by atoms with van der Waals surface area (Å²) in [5, 5.41) is 9.95. The van der Waals surface area contributed by atoms with Crippen molar-refractivity contribution in [2.24, 2.45) is 0 Å². The molecular weight excluding hydrogens is 250 g/mol. The molecule has 2 aliphatic rings. The Morgan fingerprint density at radius 2 is 1.89 bits per heavy atom. The summed E-state index contributed by atoms with van der Waals surface area (Å²) in [6.45, 7) is 1.94. The summed E-state index contributed by atoms with van der Waals surface area (Å²) < 4.78 is 24.0. The van der Waals surface area contributed by atoms with Gasteiger partial charge in [-0.05, 0) is 44.2 Å². The summed E-state index contributed by atoms with van der Waals surface area (Å²) in [4.78, 5) is 4.27. The van der Waals surface area contributed by atoms with E-state index in [1.807, 2.05) is 19.1 Å². The third kappa shape index (κ3) is 1.68. The van der Waals surface area contributed by atoms with E-state index in [9.17, 15) is 13.5 Å². The van der Waals surface area contributed by atoms with E-state index in [1.165, 1.54) is 0 Å². The fourth-order valence-corrected chi connectivity index (χ4v) is 5.69. The molecule has 0 saturated carbocycles. The highest BCUT2D eigenvalue weighted by Crippen LogP contribution is 2.46. The Morgan fingerprint density at radius 1 is 1.28 bits per heavy atom. The van der Waals surface area contributed by atoms with Gasteiger partial charge in [-0.15, -0.1) is 0 Å². The third-order valence-electron chi connectivity index (χ3n) is 4.26. The molecule has 2 fully saturated rings. The predicted molar refractivity (Wildman–Crippen MR) is 67.8 cm³/mol. The van der Waals surface area contributed by atoms with Crippen molar-refractivity contribution in [3.63, 3.8) is 0 Å². The lowest BCUT2D eigenvalue weighted by atomic mass is 9.89. The largest absolute Gasteiger partial charge is 0.383 e. The smallest absolute Gasteiger partial charge is 0.156 e. The first-order valence-corrected chi connectivity index (χ1v) is 7.91. The Balaban J connectivity index is 1.97. The quantitative estimate of drug-likeness (QED) is 0.833. The molecule has 98 valence electrons. The molecule has 2 unspecified atom stereocenters. The molecule has 3 heterocycles. The van der Waals surface area contributed by atoms with Gasteiger partial charge in [0.25, 0.3) is 0 Å². The Kier molecular flexibility index (Phi) is 2.54. The standard InChI is InChI=1S/C13H17NO3S/c1-9-2-5-12(14-8-9)13(15)6-10-3-4-11(7-13)18(10,16)17/h2,5,8,10-11,15H,3-4,6-7H2,1H3. The van der Waals surface area contributed by atoms with Gasteiger partial charge >= 0.3 is 0 Å². The zero-order chi connectivity index (χ0) is 13.0. The highest BCUT2D eigenvalue weighted by Gasteiger charge is 2.53. The molecule has 1 N–H and O–H groups in total. The molecule has 2 saturated heterocycles. The summed E-state index contributed by atoms with van der Waals surface area (Å²) in [6.07, 6.45) is 3.67. The van der Waals surface area contributed by atoms with Crippen molar-refractivity contribution in [3.8, 4) is 0 Å². The number of aromatic nitrogens is 1. The minimum atomic E-state index is -3.00. The number of fused-ring (bicyclic) bond motifs is 2. The molecule has 0 aliphatic carbocycles. The lowest BCUT2D eigenvalue weighted by Gasteiger charge is -2.35. The van der Waals surface area contributed by atoms with Gasteiger partial charge in [-0.2, -0.15) is 0 Å². The maximum Gasteiger partial charge on any atom is 0.156 e. The van der Waals surface area contributed by atoms with Crippen molar-refractivity contribution < 1.29 is 13.5 Å². The average Bonchev–Trinajstić information content (AvgIpc) is 2.51. The number of hydrogen-bond donors (Lipinski definition) is 1. The van der Waals surface area contributed by atoms with Crippen molar-refractivity contribution in [2.75, 3.05) is 0 Å². The van der Waals surface area contributed by atoms with E-state index < -0.39 is 15.4 Å². The van der Waals surface area contributed by atoms with Gasteiger partial charge in [0, 0.05) is 6.20 Å². The van der Waals surface area contributed by atoms with Crippen molar-refractivity contribution >= 4 is 9.84 Å². The van der Waals surface area contributed by atoms with Gasteiger partial charge in [0.05, 0.1) is 16.2 Å². The Morgan fingerprint density at radius 3 is 2.39 bits per heavy atom. The molecule has 2 bridgehead atoms. The van der Waals surface area contributed by atoms with Crippen LogP contribution in [0.5, 0.6) is 0 Å². The summed E-state index contributed by atoms with van der Waals surface area (Å²) in [5.74, 6) is 0. The van der Waals surface area contributed by atoms with Crippen LogP contribution in [0, 0.1) is 6.92 Å². The van der Waals surface area contributed by atoms with E-state index in [0.29, 0.717) is 31.4 Å². The second-order valence-electron chi connectivity index (χ2n) is 5.57. The predicted octanol–water partition coefficient (Wildman–Crippen LogP) is 1.32. The van der Waals surface area contributed by atoms with Crippen LogP contribution in [0.1, 0.15) is 36.9 Å². The summed E-state index contributed by atoms with van der Waals surface area (Å²) >= 11 is 0. The molecule has 0 spiro atoms. The summed E-state index contributed by atoms with van der Waals surface area (Å²) in [5.41, 5.74) is 0.582.